The highest BCUT2D eigenvalue weighted by molar-refractivity contribution is 7.89. The highest BCUT2D eigenvalue weighted by Gasteiger charge is 2.19. The van der Waals surface area contributed by atoms with E-state index in [4.69, 9.17) is 16.9 Å². The van der Waals surface area contributed by atoms with Crippen LogP contribution in [0.15, 0.2) is 23.1 Å². The van der Waals surface area contributed by atoms with E-state index >= 15 is 0 Å². The molecule has 0 heterocycles. The lowest BCUT2D eigenvalue weighted by molar-refractivity contribution is 0.416. The molecule has 0 amide bonds. The quantitative estimate of drug-likeness (QED) is 0.609. The molecular formula is C13H18N2O3S. The van der Waals surface area contributed by atoms with Gasteiger partial charge in [0.2, 0.25) is 10.0 Å². The van der Waals surface area contributed by atoms with Crippen molar-refractivity contribution >= 4 is 15.7 Å². The Labute approximate surface area is 114 Å². The summed E-state index contributed by atoms with van der Waals surface area (Å²) in [5.41, 5.74) is 5.97. The number of benzene rings is 1. The van der Waals surface area contributed by atoms with Crippen molar-refractivity contribution in [1.29, 1.82) is 0 Å². The summed E-state index contributed by atoms with van der Waals surface area (Å²) < 4.78 is 31.8. The van der Waals surface area contributed by atoms with Gasteiger partial charge in [-0.2, -0.15) is 0 Å². The summed E-state index contributed by atoms with van der Waals surface area (Å²) in [6, 6.07) is 4.05. The van der Waals surface area contributed by atoms with Crippen LogP contribution in [0.25, 0.3) is 0 Å². The predicted molar refractivity (Wildman–Crippen MR) is 75.3 cm³/mol. The Morgan fingerprint density at radius 2 is 2.21 bits per heavy atom. The van der Waals surface area contributed by atoms with Gasteiger partial charge in [-0.25, -0.2) is 13.1 Å². The third-order valence-corrected chi connectivity index (χ3v) is 4.21. The molecule has 1 atom stereocenters. The number of nitrogens with one attached hydrogen (secondary N) is 1. The van der Waals surface area contributed by atoms with Crippen molar-refractivity contribution in [3.63, 3.8) is 0 Å². The van der Waals surface area contributed by atoms with Gasteiger partial charge >= 0.3 is 0 Å². The highest BCUT2D eigenvalue weighted by Crippen LogP contribution is 2.24. The van der Waals surface area contributed by atoms with Crippen LogP contribution >= 0.6 is 0 Å². The zero-order valence-corrected chi connectivity index (χ0v) is 11.8. The third-order valence-electron chi connectivity index (χ3n) is 2.69. The molecule has 19 heavy (non-hydrogen) atoms. The molecule has 6 heteroatoms. The lowest BCUT2D eigenvalue weighted by atomic mass is 10.2. The number of ether oxygens (including phenoxy) is 1. The van der Waals surface area contributed by atoms with Crippen molar-refractivity contribution in [1.82, 2.24) is 4.72 Å². The zero-order valence-electron chi connectivity index (χ0n) is 11.0. The summed E-state index contributed by atoms with van der Waals surface area (Å²) in [4.78, 5) is 0.0984. The van der Waals surface area contributed by atoms with E-state index in [2.05, 4.69) is 10.6 Å². The fraction of sp³-hybridized carbons (Fsp3) is 0.385. The second-order valence-corrected chi connectivity index (χ2v) is 5.75. The molecule has 0 aliphatic carbocycles. The monoisotopic (exact) mass is 282 g/mol. The van der Waals surface area contributed by atoms with Crippen LogP contribution in [0.4, 0.5) is 5.69 Å². The first-order valence-corrected chi connectivity index (χ1v) is 7.32. The Morgan fingerprint density at radius 3 is 2.68 bits per heavy atom. The SMILES string of the molecule is C#CCC(CC)NS(=O)(=O)c1ccc(OC)c(N)c1. The zero-order chi connectivity index (χ0) is 14.5. The van der Waals surface area contributed by atoms with Crippen LogP contribution in [0.1, 0.15) is 19.8 Å². The summed E-state index contributed by atoms with van der Waals surface area (Å²) in [6.45, 7) is 1.87. The Hall–Kier alpha value is -1.71. The number of sulfonamides is 1. The van der Waals surface area contributed by atoms with Crippen LogP contribution in [-0.2, 0) is 10.0 Å². The van der Waals surface area contributed by atoms with E-state index in [0.29, 0.717) is 18.6 Å². The number of hydrogen-bond acceptors (Lipinski definition) is 4. The standard InChI is InChI=1S/C13H18N2O3S/c1-4-6-10(5-2)15-19(16,17)11-7-8-13(18-3)12(14)9-11/h1,7-10,15H,5-6,14H2,2-3H3. The van der Waals surface area contributed by atoms with Crippen LogP contribution < -0.4 is 15.2 Å². The molecule has 104 valence electrons. The van der Waals surface area contributed by atoms with Crippen molar-refractivity contribution < 1.29 is 13.2 Å². The molecule has 0 saturated heterocycles. The van der Waals surface area contributed by atoms with Gasteiger partial charge in [-0.1, -0.05) is 6.92 Å². The van der Waals surface area contributed by atoms with Crippen LogP contribution in [0.3, 0.4) is 0 Å². The maximum Gasteiger partial charge on any atom is 0.240 e. The summed E-state index contributed by atoms with van der Waals surface area (Å²) in [5, 5.41) is 0. The summed E-state index contributed by atoms with van der Waals surface area (Å²) >= 11 is 0. The average molecular weight is 282 g/mol. The van der Waals surface area contributed by atoms with Crippen molar-refractivity contribution in [2.45, 2.75) is 30.7 Å². The normalized spacial score (nSPS) is 12.7. The van der Waals surface area contributed by atoms with E-state index in [1.165, 1.54) is 25.3 Å². The van der Waals surface area contributed by atoms with Crippen molar-refractivity contribution in [2.75, 3.05) is 12.8 Å². The fourth-order valence-corrected chi connectivity index (χ4v) is 2.93. The Kier molecular flexibility index (Phi) is 5.21. The molecule has 1 unspecified atom stereocenters. The minimum Gasteiger partial charge on any atom is -0.495 e. The molecule has 5 nitrogen and oxygen atoms in total. The molecular weight excluding hydrogens is 264 g/mol. The Bertz CT molecular complexity index is 576. The first-order valence-electron chi connectivity index (χ1n) is 5.84. The molecule has 0 bridgehead atoms. The van der Waals surface area contributed by atoms with Crippen LogP contribution in [0.5, 0.6) is 5.75 Å². The molecule has 1 rings (SSSR count). The largest absolute Gasteiger partial charge is 0.495 e. The molecule has 0 aliphatic heterocycles. The number of rotatable bonds is 6. The number of nitrogens with two attached hydrogens (primary N) is 1. The lowest BCUT2D eigenvalue weighted by Crippen LogP contribution is -2.34. The minimum atomic E-state index is -3.62. The molecule has 3 N–H and O–H groups in total. The maximum atomic E-state index is 12.2. The van der Waals surface area contributed by atoms with Gasteiger partial charge in [-0.3, -0.25) is 0 Å². The second-order valence-electron chi connectivity index (χ2n) is 4.04. The first-order chi connectivity index (χ1) is 8.94. The van der Waals surface area contributed by atoms with E-state index < -0.39 is 10.0 Å². The van der Waals surface area contributed by atoms with Crippen LogP contribution in [0, 0.1) is 12.3 Å². The van der Waals surface area contributed by atoms with Crippen LogP contribution in [-0.4, -0.2) is 21.6 Å². The molecule has 0 aromatic heterocycles. The summed E-state index contributed by atoms with van der Waals surface area (Å²) in [6.07, 6.45) is 6.17. The molecule has 0 fully saturated rings. The van der Waals surface area contributed by atoms with E-state index in [9.17, 15) is 8.42 Å². The van der Waals surface area contributed by atoms with Gasteiger partial charge in [0, 0.05) is 12.5 Å². The molecule has 1 aromatic carbocycles. The van der Waals surface area contributed by atoms with Gasteiger partial charge in [-0.15, -0.1) is 12.3 Å². The first kappa shape index (κ1) is 15.3. The van der Waals surface area contributed by atoms with E-state index in [1.807, 2.05) is 6.92 Å². The van der Waals surface area contributed by atoms with E-state index in [-0.39, 0.29) is 16.6 Å². The predicted octanol–water partition coefficient (Wildman–Crippen LogP) is 1.36. The van der Waals surface area contributed by atoms with E-state index in [0.717, 1.165) is 0 Å². The fourth-order valence-electron chi connectivity index (χ4n) is 1.58. The van der Waals surface area contributed by atoms with Gasteiger partial charge in [-0.05, 0) is 24.6 Å². The minimum absolute atomic E-state index is 0.0984. The average Bonchev–Trinajstić information content (AvgIpc) is 2.37. The Balaban J connectivity index is 3.01. The van der Waals surface area contributed by atoms with Gasteiger partial charge < -0.3 is 10.5 Å². The van der Waals surface area contributed by atoms with Crippen LogP contribution in [0.2, 0.25) is 0 Å². The van der Waals surface area contributed by atoms with Gasteiger partial charge in [0.25, 0.3) is 0 Å². The smallest absolute Gasteiger partial charge is 0.240 e. The second kappa shape index (κ2) is 6.45. The number of anilines is 1. The third kappa shape index (κ3) is 3.88. The number of terminal acetylenes is 1. The maximum absolute atomic E-state index is 12.2. The topological polar surface area (TPSA) is 81.4 Å². The number of methoxy groups -OCH3 is 1. The Morgan fingerprint density at radius 1 is 1.53 bits per heavy atom. The number of hydrogen-bond donors (Lipinski definition) is 2. The molecule has 0 saturated carbocycles. The molecule has 0 spiro atoms. The molecule has 0 radical (unpaired) electrons. The summed E-state index contributed by atoms with van der Waals surface area (Å²) in [7, 11) is -2.15. The van der Waals surface area contributed by atoms with Crippen molar-refractivity contribution in [3.8, 4) is 18.1 Å². The van der Waals surface area contributed by atoms with E-state index in [1.54, 1.807) is 0 Å². The molecule has 0 aliphatic rings. The van der Waals surface area contributed by atoms with Gasteiger partial charge in [0.15, 0.2) is 0 Å². The van der Waals surface area contributed by atoms with Gasteiger partial charge in [0.1, 0.15) is 5.75 Å². The lowest BCUT2D eigenvalue weighted by Gasteiger charge is -2.15. The highest BCUT2D eigenvalue weighted by atomic mass is 32.2. The van der Waals surface area contributed by atoms with Crippen molar-refractivity contribution in [3.05, 3.63) is 18.2 Å². The number of nitrogen functional groups attached to an aromatic ring is 1. The summed E-state index contributed by atoms with van der Waals surface area (Å²) in [5.74, 6) is 2.89. The molecule has 1 aromatic rings. The van der Waals surface area contributed by atoms with Crippen molar-refractivity contribution in [2.24, 2.45) is 0 Å². The van der Waals surface area contributed by atoms with Gasteiger partial charge in [0.05, 0.1) is 17.7 Å².